The number of piperidine rings is 1. The minimum absolute atomic E-state index is 0.195. The summed E-state index contributed by atoms with van der Waals surface area (Å²) in [6.07, 6.45) is 3.25. The summed E-state index contributed by atoms with van der Waals surface area (Å²) in [5, 5.41) is 10.5. The van der Waals surface area contributed by atoms with Crippen molar-refractivity contribution < 1.29 is 9.32 Å². The van der Waals surface area contributed by atoms with Gasteiger partial charge in [-0.05, 0) is 46.5 Å². The summed E-state index contributed by atoms with van der Waals surface area (Å²) in [5.41, 5.74) is 2.09. The lowest BCUT2D eigenvalue weighted by molar-refractivity contribution is -0.132. The molecular formula is C24H23N3O2S. The van der Waals surface area contributed by atoms with Crippen LogP contribution in [0.15, 0.2) is 63.8 Å². The quantitative estimate of drug-likeness (QED) is 0.460. The van der Waals surface area contributed by atoms with Crippen molar-refractivity contribution in [1.29, 1.82) is 0 Å². The van der Waals surface area contributed by atoms with Crippen molar-refractivity contribution in [2.75, 3.05) is 13.1 Å². The van der Waals surface area contributed by atoms with Crippen LogP contribution in [-0.2, 0) is 17.6 Å². The predicted molar refractivity (Wildman–Crippen MR) is 118 cm³/mol. The summed E-state index contributed by atoms with van der Waals surface area (Å²) in [7, 11) is 0. The van der Waals surface area contributed by atoms with Crippen LogP contribution in [0.2, 0.25) is 0 Å². The summed E-state index contributed by atoms with van der Waals surface area (Å²) in [6, 6.07) is 16.4. The Labute approximate surface area is 179 Å². The van der Waals surface area contributed by atoms with Gasteiger partial charge in [-0.25, -0.2) is 0 Å². The molecule has 2 aromatic carbocycles. The molecule has 1 aliphatic rings. The second-order valence-electron chi connectivity index (χ2n) is 7.89. The molecule has 2 aromatic heterocycles. The number of carbonyl (C=O) groups is 1. The predicted octanol–water partition coefficient (Wildman–Crippen LogP) is 4.98. The van der Waals surface area contributed by atoms with Gasteiger partial charge in [-0.1, -0.05) is 47.6 Å². The minimum Gasteiger partial charge on any atom is -0.342 e. The smallest absolute Gasteiger partial charge is 0.227 e. The van der Waals surface area contributed by atoms with Gasteiger partial charge in [0.1, 0.15) is 0 Å². The van der Waals surface area contributed by atoms with Gasteiger partial charge in [0.2, 0.25) is 17.6 Å². The summed E-state index contributed by atoms with van der Waals surface area (Å²) in [4.78, 5) is 19.6. The van der Waals surface area contributed by atoms with Crippen LogP contribution in [-0.4, -0.2) is 34.0 Å². The number of carbonyl (C=O) groups excluding carboxylic acids is 1. The van der Waals surface area contributed by atoms with Crippen molar-refractivity contribution in [2.45, 2.75) is 25.7 Å². The summed E-state index contributed by atoms with van der Waals surface area (Å²) >= 11 is 1.62. The van der Waals surface area contributed by atoms with Crippen LogP contribution in [0, 0.1) is 5.92 Å². The summed E-state index contributed by atoms with van der Waals surface area (Å²) in [6.45, 7) is 1.57. The molecule has 0 saturated carbocycles. The molecule has 0 N–H and O–H groups in total. The molecule has 0 aliphatic carbocycles. The van der Waals surface area contributed by atoms with Crippen molar-refractivity contribution in [3.63, 3.8) is 0 Å². The summed E-state index contributed by atoms with van der Waals surface area (Å²) < 4.78 is 5.47. The lowest BCUT2D eigenvalue weighted by atomic mass is 9.94. The molecular weight excluding hydrogens is 394 g/mol. The average molecular weight is 418 g/mol. The van der Waals surface area contributed by atoms with E-state index in [9.17, 15) is 4.79 Å². The van der Waals surface area contributed by atoms with Gasteiger partial charge < -0.3 is 9.42 Å². The van der Waals surface area contributed by atoms with E-state index in [4.69, 9.17) is 4.52 Å². The van der Waals surface area contributed by atoms with E-state index < -0.39 is 0 Å². The highest BCUT2D eigenvalue weighted by atomic mass is 32.1. The first-order valence-corrected chi connectivity index (χ1v) is 11.3. The number of aromatic nitrogens is 2. The first-order valence-electron chi connectivity index (χ1n) is 10.4. The van der Waals surface area contributed by atoms with Gasteiger partial charge in [-0.2, -0.15) is 16.3 Å². The Morgan fingerprint density at radius 1 is 1.17 bits per heavy atom. The number of likely N-dealkylation sites (tertiary alicyclic amines) is 1. The summed E-state index contributed by atoms with van der Waals surface area (Å²) in [5.74, 6) is 1.85. The fraction of sp³-hybridized carbons (Fsp3) is 0.292. The number of nitrogens with zero attached hydrogens (tertiary/aromatic N) is 3. The largest absolute Gasteiger partial charge is 0.342 e. The van der Waals surface area contributed by atoms with Gasteiger partial charge in [0, 0.05) is 30.5 Å². The number of hydrogen-bond acceptors (Lipinski definition) is 5. The number of hydrogen-bond donors (Lipinski definition) is 0. The Morgan fingerprint density at radius 2 is 2.07 bits per heavy atom. The normalized spacial score (nSPS) is 16.8. The maximum atomic E-state index is 13.0. The van der Waals surface area contributed by atoms with E-state index in [0.717, 1.165) is 48.9 Å². The molecule has 0 bridgehead atoms. The molecule has 0 spiro atoms. The molecule has 0 radical (unpaired) electrons. The van der Waals surface area contributed by atoms with Crippen LogP contribution in [0.25, 0.3) is 22.2 Å². The molecule has 30 heavy (non-hydrogen) atoms. The highest BCUT2D eigenvalue weighted by molar-refractivity contribution is 7.08. The van der Waals surface area contributed by atoms with Crippen LogP contribution in [0.4, 0.5) is 0 Å². The SMILES string of the molecule is O=C(Cc1cccc2ccccc12)N1CCC[C@H](Cc2nc(-c3ccsc3)no2)C1. The molecule has 0 unspecified atom stereocenters. The first-order chi connectivity index (χ1) is 14.8. The molecule has 4 aromatic rings. The van der Waals surface area contributed by atoms with Gasteiger partial charge in [-0.15, -0.1) is 0 Å². The molecule has 6 heteroatoms. The molecule has 5 nitrogen and oxygen atoms in total. The molecule has 1 saturated heterocycles. The van der Waals surface area contributed by atoms with Crippen molar-refractivity contribution in [3.8, 4) is 11.4 Å². The van der Waals surface area contributed by atoms with Gasteiger partial charge >= 0.3 is 0 Å². The number of amides is 1. The number of benzene rings is 2. The van der Waals surface area contributed by atoms with Gasteiger partial charge in [0.05, 0.1) is 6.42 Å². The number of thiophene rings is 1. The van der Waals surface area contributed by atoms with Gasteiger partial charge in [0.15, 0.2) is 0 Å². The zero-order valence-electron chi connectivity index (χ0n) is 16.7. The van der Waals surface area contributed by atoms with Crippen LogP contribution in [0.5, 0.6) is 0 Å². The molecule has 3 heterocycles. The van der Waals surface area contributed by atoms with E-state index in [2.05, 4.69) is 34.4 Å². The number of fused-ring (bicyclic) bond motifs is 1. The maximum absolute atomic E-state index is 13.0. The average Bonchev–Trinajstić information content (AvgIpc) is 3.46. The molecule has 5 rings (SSSR count). The molecule has 152 valence electrons. The van der Waals surface area contributed by atoms with Gasteiger partial charge in [0.25, 0.3) is 0 Å². The highest BCUT2D eigenvalue weighted by Gasteiger charge is 2.26. The molecule has 1 amide bonds. The van der Waals surface area contributed by atoms with Crippen LogP contribution in [0.1, 0.15) is 24.3 Å². The van der Waals surface area contributed by atoms with E-state index >= 15 is 0 Å². The Hall–Kier alpha value is -2.99. The van der Waals surface area contributed by atoms with E-state index in [1.807, 2.05) is 39.9 Å². The van der Waals surface area contributed by atoms with E-state index in [-0.39, 0.29) is 5.91 Å². The van der Waals surface area contributed by atoms with Gasteiger partial charge in [-0.3, -0.25) is 4.79 Å². The van der Waals surface area contributed by atoms with Crippen LogP contribution < -0.4 is 0 Å². The number of rotatable bonds is 5. The second-order valence-corrected chi connectivity index (χ2v) is 8.67. The minimum atomic E-state index is 0.195. The van der Waals surface area contributed by atoms with E-state index in [0.29, 0.717) is 24.1 Å². The molecule has 1 aliphatic heterocycles. The fourth-order valence-electron chi connectivity index (χ4n) is 4.27. The monoisotopic (exact) mass is 417 g/mol. The maximum Gasteiger partial charge on any atom is 0.227 e. The molecule has 1 atom stereocenters. The lowest BCUT2D eigenvalue weighted by Gasteiger charge is -2.32. The standard InChI is InChI=1S/C24H23N3O2S/c28-23(14-19-8-3-7-18-6-1-2-9-21(18)19)27-11-4-5-17(15-27)13-22-25-24(26-29-22)20-10-12-30-16-20/h1-3,6-10,12,16-17H,4-5,11,13-15H2/t17-/m1/s1. The fourth-order valence-corrected chi connectivity index (χ4v) is 4.91. The van der Waals surface area contributed by atoms with Crippen molar-refractivity contribution in [2.24, 2.45) is 5.92 Å². The zero-order chi connectivity index (χ0) is 20.3. The lowest BCUT2D eigenvalue weighted by Crippen LogP contribution is -2.41. The van der Waals surface area contributed by atoms with Crippen molar-refractivity contribution in [3.05, 3.63) is 70.7 Å². The Bertz CT molecular complexity index is 1150. The van der Waals surface area contributed by atoms with E-state index in [1.165, 1.54) is 5.39 Å². The Morgan fingerprint density at radius 3 is 2.97 bits per heavy atom. The van der Waals surface area contributed by atoms with Crippen LogP contribution >= 0.6 is 11.3 Å². The van der Waals surface area contributed by atoms with Crippen molar-refractivity contribution >= 4 is 28.0 Å². The Kier molecular flexibility index (Phi) is 5.32. The van der Waals surface area contributed by atoms with Crippen LogP contribution in [0.3, 0.4) is 0 Å². The third kappa shape index (κ3) is 4.00. The second kappa shape index (κ2) is 8.40. The topological polar surface area (TPSA) is 59.2 Å². The molecule has 1 fully saturated rings. The van der Waals surface area contributed by atoms with E-state index in [1.54, 1.807) is 11.3 Å². The third-order valence-corrected chi connectivity index (χ3v) is 6.49. The first kappa shape index (κ1) is 19.0. The Balaban J connectivity index is 1.24. The third-order valence-electron chi connectivity index (χ3n) is 5.80. The highest BCUT2D eigenvalue weighted by Crippen LogP contribution is 2.25. The van der Waals surface area contributed by atoms with Crippen molar-refractivity contribution in [1.82, 2.24) is 15.0 Å². The zero-order valence-corrected chi connectivity index (χ0v) is 17.5.